The predicted molar refractivity (Wildman–Crippen MR) is 220 cm³/mol. The molecule has 0 atom stereocenters. The molecule has 0 amide bonds. The van der Waals surface area contributed by atoms with Gasteiger partial charge in [0.05, 0.1) is 28.4 Å². The molecule has 0 N–H and O–H groups in total. The number of hydrogen-bond donors (Lipinski definition) is 0. The number of nitrogens with zero attached hydrogens (tertiary/aromatic N) is 6. The molecule has 3 heterocycles. The van der Waals surface area contributed by atoms with E-state index in [-0.39, 0.29) is 0 Å². The quantitative estimate of drug-likeness (QED) is 0.169. The molecule has 3 aromatic heterocycles. The molecule has 8 aromatic carbocycles. The van der Waals surface area contributed by atoms with Gasteiger partial charge in [-0.3, -0.25) is 4.57 Å². The van der Waals surface area contributed by atoms with Crippen LogP contribution in [0.4, 0.5) is 0 Å². The molecule has 54 heavy (non-hydrogen) atoms. The molecule has 0 spiro atoms. The highest BCUT2D eigenvalue weighted by Gasteiger charge is 2.23. The van der Waals surface area contributed by atoms with E-state index in [1.807, 2.05) is 89.7 Å². The van der Waals surface area contributed by atoms with E-state index in [1.54, 1.807) is 0 Å². The van der Waals surface area contributed by atoms with Crippen LogP contribution in [-0.2, 0) is 0 Å². The molecule has 6 nitrogen and oxygen atoms in total. The first kappa shape index (κ1) is 30.2. The second kappa shape index (κ2) is 12.1. The summed E-state index contributed by atoms with van der Waals surface area (Å²) in [6.07, 6.45) is 1.97. The van der Waals surface area contributed by atoms with E-state index in [2.05, 4.69) is 102 Å². The maximum absolute atomic E-state index is 5.25. The third-order valence-corrected chi connectivity index (χ3v) is 10.4. The van der Waals surface area contributed by atoms with Crippen LogP contribution in [0.1, 0.15) is 0 Å². The van der Waals surface area contributed by atoms with Crippen molar-refractivity contribution < 1.29 is 0 Å². The van der Waals surface area contributed by atoms with Crippen molar-refractivity contribution in [3.8, 4) is 45.5 Å². The topological polar surface area (TPSA) is 61.4 Å². The van der Waals surface area contributed by atoms with E-state index in [4.69, 9.17) is 20.1 Å². The van der Waals surface area contributed by atoms with E-state index in [9.17, 15) is 0 Å². The van der Waals surface area contributed by atoms with Crippen molar-refractivity contribution >= 4 is 54.3 Å². The van der Waals surface area contributed by atoms with Gasteiger partial charge in [0.15, 0.2) is 11.6 Å². The van der Waals surface area contributed by atoms with E-state index in [0.717, 1.165) is 49.5 Å². The average Bonchev–Trinajstić information content (AvgIpc) is 3.82. The largest absolute Gasteiger partial charge is 0.278 e. The maximum atomic E-state index is 5.25. The Bertz CT molecular complexity index is 3130. The Balaban J connectivity index is 1.32. The van der Waals surface area contributed by atoms with Crippen LogP contribution < -0.4 is 0 Å². The van der Waals surface area contributed by atoms with Crippen molar-refractivity contribution in [2.45, 2.75) is 0 Å². The Morgan fingerprint density at radius 1 is 0.389 bits per heavy atom. The molecule has 252 valence electrons. The van der Waals surface area contributed by atoms with Gasteiger partial charge in [-0.15, -0.1) is 0 Å². The van der Waals surface area contributed by atoms with Gasteiger partial charge in [0.1, 0.15) is 0 Å². The highest BCUT2D eigenvalue weighted by Crippen LogP contribution is 2.44. The standard InChI is InChI=1S/C48H30N6/c1-5-15-31(16-6-1)39-27-34-21-13-14-24-37(34)44-38(39)25-26-41-45(44)40-28-35-30-49-54(36-22-11-4-12-23-36)42(35)29-43(40)53(41)48-51-46(32-17-7-2-8-18-32)50-47(52-48)33-19-9-3-10-20-33/h1-30H. The SMILES string of the molecule is c1ccc(-c2nc(-c3ccccc3)nc(-n3c4cc5c(cnn5-c5ccccc5)cc4c4c5c(ccc43)c(-c3ccccc3)cc3ccccc35)n2)cc1. The van der Waals surface area contributed by atoms with Crippen LogP contribution in [-0.4, -0.2) is 29.3 Å². The molecule has 0 fully saturated rings. The minimum Gasteiger partial charge on any atom is -0.278 e. The highest BCUT2D eigenvalue weighted by atomic mass is 15.3. The molecular formula is C48H30N6. The highest BCUT2D eigenvalue weighted by molar-refractivity contribution is 6.31. The summed E-state index contributed by atoms with van der Waals surface area (Å²) in [5.74, 6) is 1.78. The van der Waals surface area contributed by atoms with Crippen molar-refractivity contribution in [2.24, 2.45) is 0 Å². The van der Waals surface area contributed by atoms with Crippen LogP contribution in [0.5, 0.6) is 0 Å². The van der Waals surface area contributed by atoms with E-state index < -0.39 is 0 Å². The Morgan fingerprint density at radius 3 is 1.69 bits per heavy atom. The number of fused-ring (bicyclic) bond motifs is 8. The summed E-state index contributed by atoms with van der Waals surface area (Å²) in [6.45, 7) is 0. The summed E-state index contributed by atoms with van der Waals surface area (Å²) in [4.78, 5) is 15.5. The van der Waals surface area contributed by atoms with Crippen LogP contribution in [0.3, 0.4) is 0 Å². The third kappa shape index (κ3) is 4.74. The number of hydrogen-bond acceptors (Lipinski definition) is 4. The van der Waals surface area contributed by atoms with E-state index in [1.165, 1.54) is 32.7 Å². The van der Waals surface area contributed by atoms with Gasteiger partial charge in [-0.1, -0.05) is 140 Å². The second-order valence-corrected chi connectivity index (χ2v) is 13.6. The van der Waals surface area contributed by atoms with Gasteiger partial charge in [-0.05, 0) is 63.7 Å². The Kier molecular flexibility index (Phi) is 6.75. The zero-order valence-corrected chi connectivity index (χ0v) is 29.0. The van der Waals surface area contributed by atoms with Crippen LogP contribution in [0.2, 0.25) is 0 Å². The summed E-state index contributed by atoms with van der Waals surface area (Å²) in [7, 11) is 0. The molecule has 0 aliphatic heterocycles. The fraction of sp³-hybridized carbons (Fsp3) is 0. The molecule has 11 rings (SSSR count). The van der Waals surface area contributed by atoms with Crippen molar-refractivity contribution in [1.82, 2.24) is 29.3 Å². The first-order chi connectivity index (χ1) is 26.8. The smallest absolute Gasteiger partial charge is 0.238 e. The van der Waals surface area contributed by atoms with Gasteiger partial charge < -0.3 is 0 Å². The molecule has 0 saturated heterocycles. The number of benzene rings is 8. The normalized spacial score (nSPS) is 11.7. The molecular weight excluding hydrogens is 661 g/mol. The van der Waals surface area contributed by atoms with Gasteiger partial charge >= 0.3 is 0 Å². The Hall–Kier alpha value is -7.44. The lowest BCUT2D eigenvalue weighted by Gasteiger charge is -2.14. The van der Waals surface area contributed by atoms with Crippen LogP contribution in [0, 0.1) is 0 Å². The van der Waals surface area contributed by atoms with Gasteiger partial charge in [0.25, 0.3) is 0 Å². The first-order valence-corrected chi connectivity index (χ1v) is 18.1. The minimum atomic E-state index is 0.552. The number of para-hydroxylation sites is 1. The molecule has 0 aliphatic carbocycles. The summed E-state index contributed by atoms with van der Waals surface area (Å²) < 4.78 is 4.23. The lowest BCUT2D eigenvalue weighted by atomic mass is 9.91. The molecule has 0 bridgehead atoms. The molecule has 0 saturated carbocycles. The maximum Gasteiger partial charge on any atom is 0.238 e. The lowest BCUT2D eigenvalue weighted by molar-refractivity contribution is 0.910. The fourth-order valence-corrected chi connectivity index (χ4v) is 7.96. The van der Waals surface area contributed by atoms with Crippen LogP contribution in [0.15, 0.2) is 182 Å². The summed E-state index contributed by atoms with van der Waals surface area (Å²) in [6, 6.07) is 61.3. The fourth-order valence-electron chi connectivity index (χ4n) is 7.96. The summed E-state index contributed by atoms with van der Waals surface area (Å²) in [5, 5.41) is 13.0. The molecule has 6 heteroatoms. The monoisotopic (exact) mass is 690 g/mol. The molecule has 0 radical (unpaired) electrons. The molecule has 0 unspecified atom stereocenters. The average molecular weight is 691 g/mol. The third-order valence-electron chi connectivity index (χ3n) is 10.4. The van der Waals surface area contributed by atoms with Gasteiger partial charge in [-0.25, -0.2) is 9.67 Å². The zero-order chi connectivity index (χ0) is 35.6. The van der Waals surface area contributed by atoms with Gasteiger partial charge in [-0.2, -0.15) is 15.1 Å². The molecule has 11 aromatic rings. The number of aromatic nitrogens is 6. The van der Waals surface area contributed by atoms with E-state index in [0.29, 0.717) is 17.6 Å². The molecule has 0 aliphatic rings. The Labute approximate surface area is 310 Å². The minimum absolute atomic E-state index is 0.552. The summed E-state index contributed by atoms with van der Waals surface area (Å²) in [5.41, 5.74) is 8.22. The van der Waals surface area contributed by atoms with Crippen molar-refractivity contribution in [1.29, 1.82) is 0 Å². The zero-order valence-electron chi connectivity index (χ0n) is 29.0. The van der Waals surface area contributed by atoms with Crippen LogP contribution >= 0.6 is 0 Å². The number of rotatable bonds is 5. The van der Waals surface area contributed by atoms with Gasteiger partial charge in [0.2, 0.25) is 5.95 Å². The summed E-state index contributed by atoms with van der Waals surface area (Å²) >= 11 is 0. The van der Waals surface area contributed by atoms with E-state index >= 15 is 0 Å². The van der Waals surface area contributed by atoms with Crippen molar-refractivity contribution in [2.75, 3.05) is 0 Å². The van der Waals surface area contributed by atoms with Crippen molar-refractivity contribution in [3.63, 3.8) is 0 Å². The van der Waals surface area contributed by atoms with Gasteiger partial charge in [0, 0.05) is 32.7 Å². The van der Waals surface area contributed by atoms with Crippen molar-refractivity contribution in [3.05, 3.63) is 182 Å². The first-order valence-electron chi connectivity index (χ1n) is 18.1. The predicted octanol–water partition coefficient (Wildman–Crippen LogP) is 11.6. The Morgan fingerprint density at radius 2 is 1.00 bits per heavy atom. The lowest BCUT2D eigenvalue weighted by Crippen LogP contribution is -2.06. The second-order valence-electron chi connectivity index (χ2n) is 13.6. The van der Waals surface area contributed by atoms with Crippen LogP contribution in [0.25, 0.3) is 99.8 Å².